The summed E-state index contributed by atoms with van der Waals surface area (Å²) < 4.78 is 1.60. The topological polar surface area (TPSA) is 99.8 Å². The Bertz CT molecular complexity index is 1010. The monoisotopic (exact) mass is 379 g/mol. The summed E-state index contributed by atoms with van der Waals surface area (Å²) in [5.74, 6) is 0.207. The lowest BCUT2D eigenvalue weighted by Crippen LogP contribution is -2.36. The molecule has 2 aromatic heterocycles. The number of likely N-dealkylation sites (tertiary alicyclic amines) is 1. The lowest BCUT2D eigenvalue weighted by Gasteiger charge is -2.26. The summed E-state index contributed by atoms with van der Waals surface area (Å²) in [7, 11) is 0. The molecule has 1 aliphatic heterocycles. The summed E-state index contributed by atoms with van der Waals surface area (Å²) in [4.78, 5) is 29.4. The van der Waals surface area contributed by atoms with Gasteiger partial charge in [0, 0.05) is 18.7 Å². The van der Waals surface area contributed by atoms with Gasteiger partial charge in [-0.25, -0.2) is 9.31 Å². The number of carbonyl (C=O) groups is 2. The molecule has 1 fully saturated rings. The van der Waals surface area contributed by atoms with Crippen molar-refractivity contribution in [2.45, 2.75) is 25.7 Å². The Balaban J connectivity index is 1.54. The maximum atomic E-state index is 12.4. The molecule has 8 nitrogen and oxygen atoms in total. The van der Waals surface area contributed by atoms with Gasteiger partial charge in [0.25, 0.3) is 5.95 Å². The van der Waals surface area contributed by atoms with Crippen LogP contribution in [0.25, 0.3) is 16.9 Å². The molecule has 8 heteroatoms. The van der Waals surface area contributed by atoms with Gasteiger partial charge in [-0.1, -0.05) is 30.3 Å². The predicted octanol–water partition coefficient (Wildman–Crippen LogP) is 3.04. The predicted molar refractivity (Wildman–Crippen MR) is 104 cm³/mol. The molecular formula is C20H21N5O3. The van der Waals surface area contributed by atoms with Gasteiger partial charge in [0.1, 0.15) is 0 Å². The van der Waals surface area contributed by atoms with Crippen molar-refractivity contribution in [2.75, 3.05) is 18.4 Å². The average molecular weight is 379 g/mol. The fourth-order valence-corrected chi connectivity index (χ4v) is 3.50. The number of hydrogen-bond donors (Lipinski definition) is 2. The van der Waals surface area contributed by atoms with E-state index in [0.717, 1.165) is 42.8 Å². The Morgan fingerprint density at radius 2 is 1.79 bits per heavy atom. The molecule has 1 saturated heterocycles. The van der Waals surface area contributed by atoms with E-state index in [4.69, 9.17) is 5.11 Å². The minimum absolute atomic E-state index is 0.0312. The van der Waals surface area contributed by atoms with Crippen LogP contribution in [0, 0.1) is 0 Å². The molecule has 3 aromatic rings. The number of nitrogens with zero attached hydrogens (tertiary/aromatic N) is 4. The summed E-state index contributed by atoms with van der Waals surface area (Å²) in [6.07, 6.45) is 2.58. The highest BCUT2D eigenvalue weighted by molar-refractivity contribution is 5.81. The number of carbonyl (C=O) groups excluding carboxylic acids is 1. The number of nitrogens with one attached hydrogen (secondary N) is 1. The van der Waals surface area contributed by atoms with Gasteiger partial charge in [-0.05, 0) is 37.0 Å². The third kappa shape index (κ3) is 3.80. The van der Waals surface area contributed by atoms with Gasteiger partial charge in [0.15, 0.2) is 5.65 Å². The zero-order chi connectivity index (χ0) is 19.5. The molecule has 0 spiro atoms. The largest absolute Gasteiger partial charge is 0.465 e. The highest BCUT2D eigenvalue weighted by Crippen LogP contribution is 2.22. The number of hydrogen-bond acceptors (Lipinski definition) is 4. The Kier molecular flexibility index (Phi) is 4.92. The van der Waals surface area contributed by atoms with Crippen molar-refractivity contribution < 1.29 is 14.7 Å². The maximum Gasteiger partial charge on any atom is 0.411 e. The Hall–Kier alpha value is -3.42. The third-order valence-electron chi connectivity index (χ3n) is 4.89. The van der Waals surface area contributed by atoms with Crippen molar-refractivity contribution in [1.29, 1.82) is 0 Å². The lowest BCUT2D eigenvalue weighted by atomic mass is 10.0. The molecule has 0 bridgehead atoms. The molecule has 1 aromatic carbocycles. The van der Waals surface area contributed by atoms with Gasteiger partial charge >= 0.3 is 6.09 Å². The normalized spacial score (nSPS) is 14.2. The van der Waals surface area contributed by atoms with E-state index in [2.05, 4.69) is 15.4 Å². The smallest absolute Gasteiger partial charge is 0.411 e. The molecule has 28 heavy (non-hydrogen) atoms. The van der Waals surface area contributed by atoms with Crippen LogP contribution in [-0.2, 0) is 11.2 Å². The van der Waals surface area contributed by atoms with Gasteiger partial charge in [0.05, 0.1) is 12.1 Å². The van der Waals surface area contributed by atoms with E-state index in [-0.39, 0.29) is 11.9 Å². The number of anilines is 1. The maximum absolute atomic E-state index is 12.4. The summed E-state index contributed by atoms with van der Waals surface area (Å²) >= 11 is 0. The molecule has 3 heterocycles. The fraction of sp³-hybridized carbons (Fsp3) is 0.300. The highest BCUT2D eigenvalue weighted by atomic mass is 16.4. The van der Waals surface area contributed by atoms with E-state index >= 15 is 0 Å². The highest BCUT2D eigenvalue weighted by Gasteiger charge is 2.17. The van der Waals surface area contributed by atoms with Crippen molar-refractivity contribution in [1.82, 2.24) is 19.5 Å². The van der Waals surface area contributed by atoms with E-state index in [1.165, 1.54) is 6.42 Å². The SMILES string of the molecule is O=C(O)Nc1nc2cccc(-c3ccc(CC(=O)N4CCCCC4)cc3)n2n1. The van der Waals surface area contributed by atoms with Crippen LogP contribution in [0.4, 0.5) is 10.7 Å². The number of pyridine rings is 1. The molecule has 0 atom stereocenters. The Labute approximate surface area is 161 Å². The van der Waals surface area contributed by atoms with Gasteiger partial charge in [0.2, 0.25) is 5.91 Å². The standard InChI is InChI=1S/C20H21N5O3/c26-18(24-11-2-1-3-12-24)13-14-7-9-15(10-8-14)16-5-4-6-17-21-19(22-20(27)28)23-25(16)17/h4-10H,1-3,11-13H2,(H,22,23)(H,27,28). The number of carboxylic acid groups (broad SMARTS) is 1. The van der Waals surface area contributed by atoms with Gasteiger partial charge < -0.3 is 10.0 Å². The number of benzene rings is 1. The van der Waals surface area contributed by atoms with Crippen LogP contribution in [0.15, 0.2) is 42.5 Å². The second-order valence-corrected chi connectivity index (χ2v) is 6.86. The average Bonchev–Trinajstić information content (AvgIpc) is 3.11. The van der Waals surface area contributed by atoms with Crippen LogP contribution in [0.5, 0.6) is 0 Å². The molecule has 0 aliphatic carbocycles. The second kappa shape index (κ2) is 7.67. The van der Waals surface area contributed by atoms with Crippen LogP contribution in [0.3, 0.4) is 0 Å². The van der Waals surface area contributed by atoms with Crippen LogP contribution >= 0.6 is 0 Å². The first-order chi connectivity index (χ1) is 13.6. The first kappa shape index (κ1) is 18.0. The summed E-state index contributed by atoms with van der Waals surface area (Å²) in [5, 5.41) is 15.2. The minimum Gasteiger partial charge on any atom is -0.465 e. The van der Waals surface area contributed by atoms with E-state index < -0.39 is 6.09 Å². The molecule has 144 valence electrons. The molecule has 0 unspecified atom stereocenters. The Morgan fingerprint density at radius 3 is 2.50 bits per heavy atom. The zero-order valence-corrected chi connectivity index (χ0v) is 15.3. The van der Waals surface area contributed by atoms with Crippen LogP contribution in [-0.4, -0.2) is 49.7 Å². The van der Waals surface area contributed by atoms with Gasteiger partial charge in [-0.2, -0.15) is 4.98 Å². The summed E-state index contributed by atoms with van der Waals surface area (Å²) in [5.41, 5.74) is 3.22. The fourth-order valence-electron chi connectivity index (χ4n) is 3.50. The number of rotatable bonds is 4. The zero-order valence-electron chi connectivity index (χ0n) is 15.3. The van der Waals surface area contributed by atoms with Crippen molar-refractivity contribution in [2.24, 2.45) is 0 Å². The van der Waals surface area contributed by atoms with Crippen molar-refractivity contribution in [3.63, 3.8) is 0 Å². The van der Waals surface area contributed by atoms with Crippen molar-refractivity contribution in [3.8, 4) is 11.3 Å². The molecule has 0 saturated carbocycles. The van der Waals surface area contributed by atoms with Crippen LogP contribution < -0.4 is 5.32 Å². The second-order valence-electron chi connectivity index (χ2n) is 6.86. The molecule has 0 radical (unpaired) electrons. The van der Waals surface area contributed by atoms with Crippen LogP contribution in [0.2, 0.25) is 0 Å². The molecular weight excluding hydrogens is 358 g/mol. The van der Waals surface area contributed by atoms with Crippen LogP contribution in [0.1, 0.15) is 24.8 Å². The lowest BCUT2D eigenvalue weighted by molar-refractivity contribution is -0.131. The van der Waals surface area contributed by atoms with Crippen molar-refractivity contribution in [3.05, 3.63) is 48.0 Å². The van der Waals surface area contributed by atoms with Gasteiger partial charge in [-0.15, -0.1) is 5.10 Å². The van der Waals surface area contributed by atoms with E-state index in [0.29, 0.717) is 12.1 Å². The number of fused-ring (bicyclic) bond motifs is 1. The minimum atomic E-state index is -1.21. The third-order valence-corrected chi connectivity index (χ3v) is 4.89. The summed E-state index contributed by atoms with van der Waals surface area (Å²) in [6, 6.07) is 13.3. The van der Waals surface area contributed by atoms with E-state index in [1.54, 1.807) is 10.6 Å². The molecule has 2 amide bonds. The molecule has 2 N–H and O–H groups in total. The van der Waals surface area contributed by atoms with E-state index in [9.17, 15) is 9.59 Å². The van der Waals surface area contributed by atoms with E-state index in [1.807, 2.05) is 41.3 Å². The summed E-state index contributed by atoms with van der Waals surface area (Å²) in [6.45, 7) is 1.72. The first-order valence-corrected chi connectivity index (χ1v) is 9.33. The number of piperidine rings is 1. The van der Waals surface area contributed by atoms with Crippen molar-refractivity contribution >= 4 is 23.6 Å². The first-order valence-electron chi connectivity index (χ1n) is 9.33. The number of amides is 2. The molecule has 4 rings (SSSR count). The molecule has 1 aliphatic rings. The Morgan fingerprint density at radius 1 is 1.04 bits per heavy atom. The van der Waals surface area contributed by atoms with Gasteiger partial charge in [-0.3, -0.25) is 10.1 Å². The quantitative estimate of drug-likeness (QED) is 0.726. The number of aromatic nitrogens is 3.